The molecule has 0 spiro atoms. The molecule has 112 valence electrons. The second-order valence-corrected chi connectivity index (χ2v) is 4.08. The van der Waals surface area contributed by atoms with Gasteiger partial charge in [-0.1, -0.05) is 0 Å². The predicted molar refractivity (Wildman–Crippen MR) is 60.2 cm³/mol. The number of rotatable bonds is 2. The van der Waals surface area contributed by atoms with E-state index in [1.165, 1.54) is 0 Å². The second kappa shape index (κ2) is 4.79. The molecule has 0 aliphatic carbocycles. The average Bonchev–Trinajstić information content (AvgIpc) is 2.70. The molecular weight excluding hydrogens is 301 g/mol. The number of benzene rings is 1. The van der Waals surface area contributed by atoms with Gasteiger partial charge in [0.15, 0.2) is 0 Å². The molecule has 2 aromatic rings. The van der Waals surface area contributed by atoms with Gasteiger partial charge in [0, 0.05) is 24.7 Å². The molecule has 0 saturated heterocycles. The number of alkyl halides is 3. The van der Waals surface area contributed by atoms with E-state index < -0.39 is 45.4 Å². The molecule has 0 unspecified atom stereocenters. The first kappa shape index (κ1) is 14.9. The van der Waals surface area contributed by atoms with Crippen LogP contribution < -0.4 is 0 Å². The highest BCUT2D eigenvalue weighted by Crippen LogP contribution is 2.34. The van der Waals surface area contributed by atoms with Crippen molar-refractivity contribution in [2.75, 3.05) is 0 Å². The van der Waals surface area contributed by atoms with Gasteiger partial charge < -0.3 is 0 Å². The van der Waals surface area contributed by atoms with Crippen molar-refractivity contribution < 1.29 is 26.9 Å². The predicted octanol–water partition coefficient (Wildman–Crippen LogP) is 3.29. The van der Waals surface area contributed by atoms with Gasteiger partial charge in [0.1, 0.15) is 11.5 Å². The van der Waals surface area contributed by atoms with Crippen molar-refractivity contribution in [1.29, 1.82) is 0 Å². The maximum atomic E-state index is 13.6. The van der Waals surface area contributed by atoms with Crippen LogP contribution in [0.15, 0.2) is 18.2 Å². The van der Waals surface area contributed by atoms with Crippen LogP contribution >= 0.6 is 0 Å². The zero-order chi connectivity index (χ0) is 15.9. The van der Waals surface area contributed by atoms with E-state index in [0.29, 0.717) is 16.8 Å². The Hall–Kier alpha value is -2.52. The summed E-state index contributed by atoms with van der Waals surface area (Å²) < 4.78 is 65.2. The summed E-state index contributed by atoms with van der Waals surface area (Å²) >= 11 is 0. The van der Waals surface area contributed by atoms with E-state index in [-0.39, 0.29) is 6.07 Å². The van der Waals surface area contributed by atoms with Crippen LogP contribution in [-0.4, -0.2) is 14.7 Å². The fraction of sp³-hybridized carbons (Fsp3) is 0.182. The summed E-state index contributed by atoms with van der Waals surface area (Å²) in [6.45, 7) is 0. The van der Waals surface area contributed by atoms with Crippen LogP contribution in [0.3, 0.4) is 0 Å². The van der Waals surface area contributed by atoms with Crippen LogP contribution in [0.2, 0.25) is 0 Å². The minimum absolute atomic E-state index is 0.232. The summed E-state index contributed by atoms with van der Waals surface area (Å²) in [5, 5.41) is 14.0. The largest absolute Gasteiger partial charge is 0.433 e. The van der Waals surface area contributed by atoms with Gasteiger partial charge >= 0.3 is 11.9 Å². The van der Waals surface area contributed by atoms with Crippen LogP contribution in [0.5, 0.6) is 0 Å². The van der Waals surface area contributed by atoms with Crippen LogP contribution in [0.1, 0.15) is 5.69 Å². The third-order valence-electron chi connectivity index (χ3n) is 2.68. The third-order valence-corrected chi connectivity index (χ3v) is 2.68. The summed E-state index contributed by atoms with van der Waals surface area (Å²) in [6.07, 6.45) is -4.72. The van der Waals surface area contributed by atoms with Crippen molar-refractivity contribution >= 4 is 5.69 Å². The Morgan fingerprint density at radius 2 is 1.81 bits per heavy atom. The van der Waals surface area contributed by atoms with Crippen LogP contribution in [0.4, 0.5) is 27.6 Å². The molecule has 5 nitrogen and oxygen atoms in total. The standard InChI is InChI=1S/C11H6F5N3O2/c1-18-10(11(14,15)16)4-8(17-18)5-2-9(19(20)21)7(13)3-6(5)12/h2-4H,1H3. The van der Waals surface area contributed by atoms with E-state index in [2.05, 4.69) is 5.10 Å². The molecule has 0 atom stereocenters. The van der Waals surface area contributed by atoms with Crippen molar-refractivity contribution in [2.24, 2.45) is 7.05 Å². The Labute approximate surface area is 113 Å². The molecule has 1 aromatic heterocycles. The van der Waals surface area contributed by atoms with E-state index in [0.717, 1.165) is 7.05 Å². The summed E-state index contributed by atoms with van der Waals surface area (Å²) in [6, 6.07) is 1.27. The summed E-state index contributed by atoms with van der Waals surface area (Å²) in [4.78, 5) is 9.48. The van der Waals surface area contributed by atoms with Crippen molar-refractivity contribution in [1.82, 2.24) is 9.78 Å². The number of nitro benzene ring substituents is 1. The molecule has 0 radical (unpaired) electrons. The topological polar surface area (TPSA) is 61.0 Å². The van der Waals surface area contributed by atoms with E-state index in [9.17, 15) is 32.1 Å². The molecular formula is C11H6F5N3O2. The number of nitro groups is 1. The molecule has 10 heteroatoms. The molecule has 21 heavy (non-hydrogen) atoms. The minimum atomic E-state index is -4.72. The van der Waals surface area contributed by atoms with E-state index >= 15 is 0 Å². The van der Waals surface area contributed by atoms with Gasteiger partial charge in [-0.25, -0.2) is 4.39 Å². The zero-order valence-corrected chi connectivity index (χ0v) is 10.3. The molecule has 2 rings (SSSR count). The average molecular weight is 307 g/mol. The molecule has 1 heterocycles. The lowest BCUT2D eigenvalue weighted by molar-refractivity contribution is -0.387. The highest BCUT2D eigenvalue weighted by atomic mass is 19.4. The molecule has 0 aliphatic heterocycles. The molecule has 0 bridgehead atoms. The smallest absolute Gasteiger partial charge is 0.263 e. The molecule has 0 fully saturated rings. The van der Waals surface area contributed by atoms with E-state index in [4.69, 9.17) is 0 Å². The first-order chi connectivity index (χ1) is 9.61. The molecule has 0 N–H and O–H groups in total. The Balaban J connectivity index is 2.62. The van der Waals surface area contributed by atoms with Crippen LogP contribution in [0.25, 0.3) is 11.3 Å². The molecule has 1 aromatic carbocycles. The Morgan fingerprint density at radius 1 is 1.19 bits per heavy atom. The fourth-order valence-electron chi connectivity index (χ4n) is 1.74. The van der Waals surface area contributed by atoms with Gasteiger partial charge in [-0.2, -0.15) is 22.7 Å². The molecule has 0 aliphatic rings. The maximum absolute atomic E-state index is 13.6. The summed E-state index contributed by atoms with van der Waals surface area (Å²) in [5.74, 6) is -2.67. The van der Waals surface area contributed by atoms with Crippen molar-refractivity contribution in [3.63, 3.8) is 0 Å². The van der Waals surface area contributed by atoms with Gasteiger partial charge in [-0.3, -0.25) is 14.8 Å². The highest BCUT2D eigenvalue weighted by Gasteiger charge is 2.35. The monoisotopic (exact) mass is 307 g/mol. The van der Waals surface area contributed by atoms with E-state index in [1.807, 2.05) is 0 Å². The maximum Gasteiger partial charge on any atom is 0.433 e. The molecule has 0 amide bonds. The number of aryl methyl sites for hydroxylation is 1. The Bertz CT molecular complexity index is 723. The van der Waals surface area contributed by atoms with Crippen LogP contribution in [-0.2, 0) is 13.2 Å². The lowest BCUT2D eigenvalue weighted by Crippen LogP contribution is -2.11. The van der Waals surface area contributed by atoms with Gasteiger partial charge in [0.25, 0.3) is 0 Å². The zero-order valence-electron chi connectivity index (χ0n) is 10.3. The van der Waals surface area contributed by atoms with Crippen molar-refractivity contribution in [2.45, 2.75) is 6.18 Å². The SMILES string of the molecule is Cn1nc(-c2cc([N+](=O)[O-])c(F)cc2F)cc1C(F)(F)F. The molecule has 0 saturated carbocycles. The normalized spacial score (nSPS) is 11.7. The minimum Gasteiger partial charge on any atom is -0.263 e. The van der Waals surface area contributed by atoms with Gasteiger partial charge in [-0.15, -0.1) is 0 Å². The number of nitrogens with zero attached hydrogens (tertiary/aromatic N) is 3. The lowest BCUT2D eigenvalue weighted by Gasteiger charge is -2.04. The third kappa shape index (κ3) is 2.69. The second-order valence-electron chi connectivity index (χ2n) is 4.08. The Morgan fingerprint density at radius 3 is 2.29 bits per heavy atom. The van der Waals surface area contributed by atoms with E-state index in [1.54, 1.807) is 0 Å². The first-order valence-corrected chi connectivity index (χ1v) is 5.36. The van der Waals surface area contributed by atoms with Crippen molar-refractivity contribution in [3.8, 4) is 11.3 Å². The summed E-state index contributed by atoms with van der Waals surface area (Å²) in [7, 11) is 0.988. The van der Waals surface area contributed by atoms with Gasteiger partial charge in [-0.05, 0) is 6.07 Å². The van der Waals surface area contributed by atoms with Gasteiger partial charge in [0.05, 0.1) is 10.6 Å². The quantitative estimate of drug-likeness (QED) is 0.486. The number of aromatic nitrogens is 2. The van der Waals surface area contributed by atoms with Gasteiger partial charge in [0.2, 0.25) is 5.82 Å². The number of hydrogen-bond donors (Lipinski definition) is 0. The lowest BCUT2D eigenvalue weighted by atomic mass is 10.1. The Kier molecular flexibility index (Phi) is 3.39. The first-order valence-electron chi connectivity index (χ1n) is 5.36. The van der Waals surface area contributed by atoms with Crippen LogP contribution in [0, 0.1) is 21.7 Å². The fourth-order valence-corrected chi connectivity index (χ4v) is 1.74. The number of halogens is 5. The summed E-state index contributed by atoms with van der Waals surface area (Å²) in [5.41, 5.74) is -3.28. The highest BCUT2D eigenvalue weighted by molar-refractivity contribution is 5.64. The van der Waals surface area contributed by atoms with Crippen molar-refractivity contribution in [3.05, 3.63) is 45.6 Å². The number of hydrogen-bond acceptors (Lipinski definition) is 3.